The number of halogens is 1. The van der Waals surface area contributed by atoms with Crippen molar-refractivity contribution in [1.29, 1.82) is 0 Å². The molecule has 132 valence electrons. The smallest absolute Gasteiger partial charge is 0.408 e. The van der Waals surface area contributed by atoms with Gasteiger partial charge in [0, 0.05) is 17.2 Å². The van der Waals surface area contributed by atoms with E-state index in [2.05, 4.69) is 5.32 Å². The van der Waals surface area contributed by atoms with Crippen molar-refractivity contribution in [2.75, 3.05) is 6.26 Å². The number of amides is 1. The summed E-state index contributed by atoms with van der Waals surface area (Å²) in [6, 6.07) is 6.51. The van der Waals surface area contributed by atoms with E-state index in [-0.39, 0.29) is 0 Å². The molecule has 0 aromatic heterocycles. The number of benzene rings is 1. The largest absolute Gasteiger partial charge is 0.444 e. The summed E-state index contributed by atoms with van der Waals surface area (Å²) in [5.74, 6) is -0.685. The van der Waals surface area contributed by atoms with Crippen molar-refractivity contribution in [3.63, 3.8) is 0 Å². The molecule has 0 aliphatic heterocycles. The van der Waals surface area contributed by atoms with E-state index in [1.165, 1.54) is 0 Å². The number of rotatable bonds is 4. The van der Waals surface area contributed by atoms with E-state index in [0.29, 0.717) is 16.9 Å². The van der Waals surface area contributed by atoms with Crippen molar-refractivity contribution in [3.05, 3.63) is 34.9 Å². The highest BCUT2D eigenvalue weighted by Gasteiger charge is 2.71. The number of carbonyl (C=O) groups is 2. The summed E-state index contributed by atoms with van der Waals surface area (Å²) < 4.78 is 29.4. The van der Waals surface area contributed by atoms with Gasteiger partial charge in [-0.15, -0.1) is 0 Å². The third-order valence-corrected chi connectivity index (χ3v) is 5.62. The number of sulfone groups is 1. The Morgan fingerprint density at radius 2 is 1.83 bits per heavy atom. The Labute approximate surface area is 146 Å². The van der Waals surface area contributed by atoms with E-state index < -0.39 is 38.2 Å². The van der Waals surface area contributed by atoms with Gasteiger partial charge < -0.3 is 14.8 Å². The van der Waals surface area contributed by atoms with E-state index in [4.69, 9.17) is 16.3 Å². The van der Waals surface area contributed by atoms with Crippen molar-refractivity contribution >= 4 is 33.8 Å². The molecule has 0 bridgehead atoms. The van der Waals surface area contributed by atoms with Crippen LogP contribution in [0.1, 0.15) is 32.3 Å². The van der Waals surface area contributed by atoms with Gasteiger partial charge in [-0.2, -0.15) is 0 Å². The molecule has 0 unspecified atom stereocenters. The van der Waals surface area contributed by atoms with Crippen LogP contribution < -0.4 is 5.32 Å². The molecule has 1 amide bonds. The highest BCUT2D eigenvalue weighted by molar-refractivity contribution is 7.91. The lowest BCUT2D eigenvalue weighted by molar-refractivity contribution is -0.110. The van der Waals surface area contributed by atoms with Crippen LogP contribution in [0.25, 0.3) is 0 Å². The molecular formula is C16H20ClNO5S. The molecule has 1 aromatic rings. The number of aldehydes is 1. The van der Waals surface area contributed by atoms with Crippen LogP contribution in [0.15, 0.2) is 24.3 Å². The fourth-order valence-electron chi connectivity index (χ4n) is 2.90. The van der Waals surface area contributed by atoms with Crippen LogP contribution in [0.2, 0.25) is 5.02 Å². The molecule has 0 heterocycles. The molecular weight excluding hydrogens is 354 g/mol. The first-order chi connectivity index (χ1) is 10.9. The van der Waals surface area contributed by atoms with Crippen LogP contribution in [0.5, 0.6) is 0 Å². The van der Waals surface area contributed by atoms with Crippen molar-refractivity contribution in [1.82, 2.24) is 5.32 Å². The minimum atomic E-state index is -3.58. The molecule has 1 aliphatic carbocycles. The lowest BCUT2D eigenvalue weighted by Gasteiger charge is -2.22. The fraction of sp³-hybridized carbons (Fsp3) is 0.500. The minimum absolute atomic E-state index is 0.474. The summed E-state index contributed by atoms with van der Waals surface area (Å²) in [6.07, 6.45) is 0.685. The molecule has 1 aromatic carbocycles. The molecule has 1 saturated carbocycles. The fourth-order valence-corrected chi connectivity index (χ4v) is 4.79. The molecule has 1 fully saturated rings. The molecule has 3 atom stereocenters. The third-order valence-electron chi connectivity index (χ3n) is 3.78. The number of hydrogen-bond acceptors (Lipinski definition) is 5. The third kappa shape index (κ3) is 3.72. The van der Waals surface area contributed by atoms with E-state index in [1.54, 1.807) is 45.0 Å². The zero-order valence-electron chi connectivity index (χ0n) is 13.9. The zero-order chi connectivity index (χ0) is 18.3. The highest BCUT2D eigenvalue weighted by atomic mass is 35.5. The summed E-state index contributed by atoms with van der Waals surface area (Å²) >= 11 is 5.85. The van der Waals surface area contributed by atoms with Gasteiger partial charge in [0.05, 0.1) is 0 Å². The first-order valence-corrected chi connectivity index (χ1v) is 9.66. The number of alkyl carbamates (subject to hydrolysis) is 1. The van der Waals surface area contributed by atoms with Gasteiger partial charge in [0.2, 0.25) is 0 Å². The predicted octanol–water partition coefficient (Wildman–Crippen LogP) is 2.31. The van der Waals surface area contributed by atoms with E-state index >= 15 is 0 Å². The first-order valence-electron chi connectivity index (χ1n) is 7.32. The Balaban J connectivity index is 2.36. The Morgan fingerprint density at radius 3 is 2.25 bits per heavy atom. The second-order valence-electron chi connectivity index (χ2n) is 6.96. The van der Waals surface area contributed by atoms with Crippen molar-refractivity contribution in [2.45, 2.75) is 43.1 Å². The SMILES string of the molecule is CC(C)(C)OC(=O)N[C@@]1(C=O)[C@H](c2ccc(Cl)cc2)[C@@H]1S(C)(=O)=O. The molecule has 0 spiro atoms. The summed E-state index contributed by atoms with van der Waals surface area (Å²) in [5, 5.41) is 1.90. The first kappa shape index (κ1) is 18.7. The molecule has 8 heteroatoms. The van der Waals surface area contributed by atoms with Gasteiger partial charge in [0.25, 0.3) is 0 Å². The Kier molecular flexibility index (Phi) is 4.71. The van der Waals surface area contributed by atoms with Crippen LogP contribution in [-0.4, -0.2) is 43.4 Å². The molecule has 2 rings (SSSR count). The molecule has 1 N–H and O–H groups in total. The number of hydrogen-bond donors (Lipinski definition) is 1. The van der Waals surface area contributed by atoms with Gasteiger partial charge in [0.1, 0.15) is 22.7 Å². The molecule has 1 aliphatic rings. The van der Waals surface area contributed by atoms with E-state index in [1.807, 2.05) is 0 Å². The van der Waals surface area contributed by atoms with Gasteiger partial charge in [-0.05, 0) is 38.5 Å². The van der Waals surface area contributed by atoms with Crippen LogP contribution >= 0.6 is 11.6 Å². The maximum absolute atomic E-state index is 12.1. The van der Waals surface area contributed by atoms with E-state index in [0.717, 1.165) is 6.26 Å². The topological polar surface area (TPSA) is 89.5 Å². The van der Waals surface area contributed by atoms with Gasteiger partial charge in [0.15, 0.2) is 9.84 Å². The van der Waals surface area contributed by atoms with Crippen LogP contribution in [0, 0.1) is 0 Å². The average Bonchev–Trinajstić information content (AvgIpc) is 3.06. The average molecular weight is 374 g/mol. The Bertz CT molecular complexity index is 754. The quantitative estimate of drug-likeness (QED) is 0.818. The Morgan fingerprint density at radius 1 is 1.29 bits per heavy atom. The second-order valence-corrected chi connectivity index (χ2v) is 9.56. The minimum Gasteiger partial charge on any atom is -0.444 e. The lowest BCUT2D eigenvalue weighted by Crippen LogP contribution is -2.45. The van der Waals surface area contributed by atoms with Gasteiger partial charge in [-0.25, -0.2) is 13.2 Å². The Hall–Kier alpha value is -1.60. The standard InChI is InChI=1S/C16H20ClNO5S/c1-15(2,3)23-14(20)18-16(9-19)12(13(16)24(4,21)22)10-5-7-11(17)8-6-10/h5-9,12-13H,1-4H3,(H,18,20)/t12-,13+,16+/m1/s1. The second kappa shape index (κ2) is 6.04. The number of carbonyl (C=O) groups excluding carboxylic acids is 2. The number of nitrogens with one attached hydrogen (secondary N) is 1. The van der Waals surface area contributed by atoms with Crippen LogP contribution in [0.4, 0.5) is 4.79 Å². The summed E-state index contributed by atoms with van der Waals surface area (Å²) in [4.78, 5) is 23.8. The monoisotopic (exact) mass is 373 g/mol. The zero-order valence-corrected chi connectivity index (χ0v) is 15.4. The normalized spacial score (nSPS) is 26.5. The van der Waals surface area contributed by atoms with Gasteiger partial charge in [-0.1, -0.05) is 23.7 Å². The molecule has 0 radical (unpaired) electrons. The maximum Gasteiger partial charge on any atom is 0.408 e. The van der Waals surface area contributed by atoms with Crippen LogP contribution in [-0.2, 0) is 19.4 Å². The maximum atomic E-state index is 12.1. The summed E-state index contributed by atoms with van der Waals surface area (Å²) in [6.45, 7) is 5.04. The molecule has 0 saturated heterocycles. The van der Waals surface area contributed by atoms with Gasteiger partial charge in [-0.3, -0.25) is 0 Å². The van der Waals surface area contributed by atoms with Crippen LogP contribution in [0.3, 0.4) is 0 Å². The molecule has 6 nitrogen and oxygen atoms in total. The van der Waals surface area contributed by atoms with Crippen molar-refractivity contribution in [2.24, 2.45) is 0 Å². The highest BCUT2D eigenvalue weighted by Crippen LogP contribution is 2.54. The van der Waals surface area contributed by atoms with Crippen molar-refractivity contribution in [3.8, 4) is 0 Å². The molecule has 24 heavy (non-hydrogen) atoms. The summed E-state index contributed by atoms with van der Waals surface area (Å²) in [5.41, 5.74) is -1.69. The van der Waals surface area contributed by atoms with Crippen molar-refractivity contribution < 1.29 is 22.7 Å². The predicted molar refractivity (Wildman–Crippen MR) is 91.0 cm³/mol. The van der Waals surface area contributed by atoms with Gasteiger partial charge >= 0.3 is 6.09 Å². The lowest BCUT2D eigenvalue weighted by atomic mass is 10.1. The summed E-state index contributed by atoms with van der Waals surface area (Å²) in [7, 11) is -3.58. The van der Waals surface area contributed by atoms with E-state index in [9.17, 15) is 18.0 Å². The number of ether oxygens (including phenoxy) is 1.